The summed E-state index contributed by atoms with van der Waals surface area (Å²) in [5.74, 6) is 0.706. The summed E-state index contributed by atoms with van der Waals surface area (Å²) >= 11 is 0. The van der Waals surface area contributed by atoms with Crippen LogP contribution in [0.15, 0.2) is 12.2 Å². The molecule has 0 saturated heterocycles. The van der Waals surface area contributed by atoms with E-state index in [9.17, 15) is 0 Å². The third-order valence-corrected chi connectivity index (χ3v) is 1.92. The summed E-state index contributed by atoms with van der Waals surface area (Å²) in [6.45, 7) is 6.65. The Morgan fingerprint density at radius 1 is 1.36 bits per heavy atom. The van der Waals surface area contributed by atoms with Crippen molar-refractivity contribution in [2.75, 3.05) is 7.05 Å². The molecule has 0 heterocycles. The fourth-order valence-electron chi connectivity index (χ4n) is 1.12. The van der Waals surface area contributed by atoms with Gasteiger partial charge in [-0.1, -0.05) is 26.0 Å². The van der Waals surface area contributed by atoms with E-state index < -0.39 is 0 Å². The highest BCUT2D eigenvalue weighted by molar-refractivity contribution is 4.86. The lowest BCUT2D eigenvalue weighted by Gasteiger charge is -2.12. The Bertz CT molecular complexity index is 107. The Morgan fingerprint density at radius 2 is 2.00 bits per heavy atom. The van der Waals surface area contributed by atoms with Gasteiger partial charge in [-0.25, -0.2) is 0 Å². The van der Waals surface area contributed by atoms with Crippen molar-refractivity contribution in [3.63, 3.8) is 0 Å². The summed E-state index contributed by atoms with van der Waals surface area (Å²) in [6, 6.07) is 0.631. The molecule has 0 spiro atoms. The third-order valence-electron chi connectivity index (χ3n) is 1.92. The van der Waals surface area contributed by atoms with Crippen LogP contribution in [0.5, 0.6) is 0 Å². The van der Waals surface area contributed by atoms with Gasteiger partial charge in [-0.3, -0.25) is 0 Å². The Hall–Kier alpha value is -0.300. The standard InChI is InChI=1S/C10H21N/c1-5-6-7-9(2)8-10(3)11-4/h6-7,9-11H,5,8H2,1-4H3/b7-6+. The zero-order valence-corrected chi connectivity index (χ0v) is 8.22. The molecule has 2 atom stereocenters. The van der Waals surface area contributed by atoms with E-state index in [-0.39, 0.29) is 0 Å². The maximum Gasteiger partial charge on any atom is 0.00412 e. The molecule has 0 amide bonds. The van der Waals surface area contributed by atoms with Crippen molar-refractivity contribution in [3.8, 4) is 0 Å². The highest BCUT2D eigenvalue weighted by Gasteiger charge is 2.02. The van der Waals surface area contributed by atoms with Gasteiger partial charge in [0.2, 0.25) is 0 Å². The van der Waals surface area contributed by atoms with Crippen LogP contribution in [0.25, 0.3) is 0 Å². The Morgan fingerprint density at radius 3 is 2.45 bits per heavy atom. The summed E-state index contributed by atoms with van der Waals surface area (Å²) < 4.78 is 0. The SMILES string of the molecule is CC/C=C/C(C)CC(C)NC. The molecule has 0 aromatic carbocycles. The minimum Gasteiger partial charge on any atom is -0.317 e. The Labute approximate surface area is 70.9 Å². The van der Waals surface area contributed by atoms with E-state index in [1.165, 1.54) is 6.42 Å². The van der Waals surface area contributed by atoms with Gasteiger partial charge in [0.25, 0.3) is 0 Å². The zero-order chi connectivity index (χ0) is 8.69. The molecule has 0 rings (SSSR count). The van der Waals surface area contributed by atoms with E-state index >= 15 is 0 Å². The Kier molecular flexibility index (Phi) is 6.24. The third kappa shape index (κ3) is 6.11. The molecule has 0 aliphatic carbocycles. The van der Waals surface area contributed by atoms with Gasteiger partial charge in [0, 0.05) is 6.04 Å². The van der Waals surface area contributed by atoms with E-state index in [1.54, 1.807) is 0 Å². The molecule has 1 N–H and O–H groups in total. The second-order valence-electron chi connectivity index (χ2n) is 3.24. The van der Waals surface area contributed by atoms with Gasteiger partial charge < -0.3 is 5.32 Å². The van der Waals surface area contributed by atoms with Gasteiger partial charge in [0.05, 0.1) is 0 Å². The first kappa shape index (κ1) is 10.7. The van der Waals surface area contributed by atoms with Crippen LogP contribution < -0.4 is 5.32 Å². The maximum atomic E-state index is 3.24. The normalized spacial score (nSPS) is 17.1. The van der Waals surface area contributed by atoms with Crippen molar-refractivity contribution in [3.05, 3.63) is 12.2 Å². The topological polar surface area (TPSA) is 12.0 Å². The first-order valence-corrected chi connectivity index (χ1v) is 4.54. The predicted octanol–water partition coefficient (Wildman–Crippen LogP) is 2.59. The first-order valence-electron chi connectivity index (χ1n) is 4.54. The first-order chi connectivity index (χ1) is 5.20. The smallest absolute Gasteiger partial charge is 0.00412 e. The molecule has 0 radical (unpaired) electrons. The van der Waals surface area contributed by atoms with Gasteiger partial charge in [-0.15, -0.1) is 0 Å². The van der Waals surface area contributed by atoms with E-state index in [2.05, 4.69) is 38.2 Å². The van der Waals surface area contributed by atoms with E-state index in [0.717, 1.165) is 6.42 Å². The van der Waals surface area contributed by atoms with Gasteiger partial charge in [0.1, 0.15) is 0 Å². The number of nitrogens with one attached hydrogen (secondary N) is 1. The minimum atomic E-state index is 0.631. The fraction of sp³-hybridized carbons (Fsp3) is 0.800. The van der Waals surface area contributed by atoms with Gasteiger partial charge in [-0.2, -0.15) is 0 Å². The van der Waals surface area contributed by atoms with E-state index in [4.69, 9.17) is 0 Å². The second kappa shape index (κ2) is 6.41. The molecule has 0 bridgehead atoms. The van der Waals surface area contributed by atoms with Gasteiger partial charge in [0.15, 0.2) is 0 Å². The Balaban J connectivity index is 3.50. The average Bonchev–Trinajstić information content (AvgIpc) is 2.00. The van der Waals surface area contributed by atoms with Crippen molar-refractivity contribution < 1.29 is 0 Å². The summed E-state index contributed by atoms with van der Waals surface area (Å²) in [7, 11) is 2.01. The quantitative estimate of drug-likeness (QED) is 0.602. The average molecular weight is 155 g/mol. The molecule has 0 aromatic rings. The van der Waals surface area contributed by atoms with Crippen LogP contribution in [0, 0.1) is 5.92 Å². The summed E-state index contributed by atoms with van der Waals surface area (Å²) in [4.78, 5) is 0. The minimum absolute atomic E-state index is 0.631. The largest absolute Gasteiger partial charge is 0.317 e. The van der Waals surface area contributed by atoms with Crippen molar-refractivity contribution in [1.29, 1.82) is 0 Å². The summed E-state index contributed by atoms with van der Waals surface area (Å²) in [6.07, 6.45) is 6.92. The molecule has 1 nitrogen and oxygen atoms in total. The zero-order valence-electron chi connectivity index (χ0n) is 8.22. The fourth-order valence-corrected chi connectivity index (χ4v) is 1.12. The molecule has 0 aliphatic heterocycles. The van der Waals surface area contributed by atoms with Crippen LogP contribution in [-0.2, 0) is 0 Å². The van der Waals surface area contributed by atoms with Crippen molar-refractivity contribution in [2.24, 2.45) is 5.92 Å². The van der Waals surface area contributed by atoms with Gasteiger partial charge in [-0.05, 0) is 32.7 Å². The van der Waals surface area contributed by atoms with Crippen LogP contribution in [0.2, 0.25) is 0 Å². The molecule has 11 heavy (non-hydrogen) atoms. The van der Waals surface area contributed by atoms with Crippen LogP contribution in [0.4, 0.5) is 0 Å². The lowest BCUT2D eigenvalue weighted by molar-refractivity contribution is 0.498. The summed E-state index contributed by atoms with van der Waals surface area (Å²) in [5.41, 5.74) is 0. The highest BCUT2D eigenvalue weighted by Crippen LogP contribution is 2.07. The number of allylic oxidation sites excluding steroid dienone is 2. The van der Waals surface area contributed by atoms with E-state index in [0.29, 0.717) is 12.0 Å². The number of hydrogen-bond donors (Lipinski definition) is 1. The monoisotopic (exact) mass is 155 g/mol. The lowest BCUT2D eigenvalue weighted by Crippen LogP contribution is -2.22. The second-order valence-corrected chi connectivity index (χ2v) is 3.24. The maximum absolute atomic E-state index is 3.24. The molecule has 0 saturated carbocycles. The molecule has 0 aliphatic rings. The molecule has 66 valence electrons. The van der Waals surface area contributed by atoms with Crippen molar-refractivity contribution >= 4 is 0 Å². The number of rotatable bonds is 5. The molecule has 1 heteroatoms. The highest BCUT2D eigenvalue weighted by atomic mass is 14.8. The van der Waals surface area contributed by atoms with Crippen LogP contribution >= 0.6 is 0 Å². The molecule has 0 aromatic heterocycles. The van der Waals surface area contributed by atoms with Crippen LogP contribution in [-0.4, -0.2) is 13.1 Å². The van der Waals surface area contributed by atoms with Crippen molar-refractivity contribution in [1.82, 2.24) is 5.32 Å². The van der Waals surface area contributed by atoms with Gasteiger partial charge >= 0.3 is 0 Å². The van der Waals surface area contributed by atoms with E-state index in [1.807, 2.05) is 7.05 Å². The van der Waals surface area contributed by atoms with Crippen LogP contribution in [0.1, 0.15) is 33.6 Å². The molecule has 2 unspecified atom stereocenters. The lowest BCUT2D eigenvalue weighted by atomic mass is 10.0. The van der Waals surface area contributed by atoms with Crippen LogP contribution in [0.3, 0.4) is 0 Å². The molecular formula is C10H21N. The molecular weight excluding hydrogens is 134 g/mol. The molecule has 0 fully saturated rings. The van der Waals surface area contributed by atoms with Crippen molar-refractivity contribution in [2.45, 2.75) is 39.7 Å². The predicted molar refractivity (Wildman–Crippen MR) is 51.7 cm³/mol. The number of hydrogen-bond acceptors (Lipinski definition) is 1. The summed E-state index contributed by atoms with van der Waals surface area (Å²) in [5, 5.41) is 3.24.